The monoisotopic (exact) mass is 319 g/mol. The molecule has 1 aliphatic heterocycles. The zero-order valence-electron chi connectivity index (χ0n) is 13.6. The number of aromatic nitrogens is 2. The Bertz CT molecular complexity index is 770. The van der Waals surface area contributed by atoms with Crippen molar-refractivity contribution >= 4 is 0 Å². The fourth-order valence-electron chi connectivity index (χ4n) is 3.41. The van der Waals surface area contributed by atoms with Crippen LogP contribution in [-0.2, 0) is 6.54 Å². The number of nitrogens with zero attached hydrogens (tertiary/aromatic N) is 3. The highest BCUT2D eigenvalue weighted by atomic mass is 16.5. The lowest BCUT2D eigenvalue weighted by Crippen LogP contribution is -2.33. The molecule has 0 bridgehead atoms. The molecule has 0 spiro atoms. The average Bonchev–Trinajstić information content (AvgIpc) is 3.12. The van der Waals surface area contributed by atoms with Gasteiger partial charge in [0.2, 0.25) is 11.7 Å². The van der Waals surface area contributed by atoms with Gasteiger partial charge in [-0.1, -0.05) is 65.8 Å². The second-order valence-electron chi connectivity index (χ2n) is 6.36. The van der Waals surface area contributed by atoms with Gasteiger partial charge in [-0.15, -0.1) is 0 Å². The van der Waals surface area contributed by atoms with Crippen LogP contribution in [0.5, 0.6) is 0 Å². The van der Waals surface area contributed by atoms with Crippen LogP contribution in [0.25, 0.3) is 11.4 Å². The summed E-state index contributed by atoms with van der Waals surface area (Å²) >= 11 is 0. The van der Waals surface area contributed by atoms with E-state index >= 15 is 0 Å². The zero-order valence-corrected chi connectivity index (χ0v) is 13.6. The van der Waals surface area contributed by atoms with Crippen molar-refractivity contribution in [1.82, 2.24) is 15.0 Å². The van der Waals surface area contributed by atoms with Crippen LogP contribution < -0.4 is 0 Å². The van der Waals surface area contributed by atoms with Crippen molar-refractivity contribution in [2.45, 2.75) is 25.3 Å². The van der Waals surface area contributed by atoms with Gasteiger partial charge in [0.05, 0.1) is 6.54 Å². The molecule has 1 unspecified atom stereocenters. The van der Waals surface area contributed by atoms with Crippen LogP contribution in [-0.4, -0.2) is 28.1 Å². The molecule has 3 aromatic rings. The first-order valence-corrected chi connectivity index (χ1v) is 8.54. The molecule has 1 aromatic heterocycles. The van der Waals surface area contributed by atoms with E-state index in [0.29, 0.717) is 17.6 Å². The van der Waals surface area contributed by atoms with E-state index in [-0.39, 0.29) is 0 Å². The van der Waals surface area contributed by atoms with Gasteiger partial charge in [-0.3, -0.25) is 4.90 Å². The van der Waals surface area contributed by atoms with E-state index in [0.717, 1.165) is 25.2 Å². The van der Waals surface area contributed by atoms with Crippen LogP contribution in [0.15, 0.2) is 65.2 Å². The molecule has 4 nitrogen and oxygen atoms in total. The summed E-state index contributed by atoms with van der Waals surface area (Å²) < 4.78 is 5.46. The highest BCUT2D eigenvalue weighted by molar-refractivity contribution is 5.53. The summed E-state index contributed by atoms with van der Waals surface area (Å²) in [7, 11) is 0. The lowest BCUT2D eigenvalue weighted by atomic mass is 9.91. The van der Waals surface area contributed by atoms with Gasteiger partial charge in [-0.05, 0) is 30.9 Å². The van der Waals surface area contributed by atoms with Crippen LogP contribution in [0.1, 0.15) is 30.2 Å². The second-order valence-corrected chi connectivity index (χ2v) is 6.36. The molecule has 0 amide bonds. The van der Waals surface area contributed by atoms with Gasteiger partial charge in [0.25, 0.3) is 0 Å². The number of piperidine rings is 1. The molecule has 1 atom stereocenters. The summed E-state index contributed by atoms with van der Waals surface area (Å²) in [6.45, 7) is 2.86. The Labute approximate surface area is 142 Å². The fourth-order valence-corrected chi connectivity index (χ4v) is 3.41. The Morgan fingerprint density at radius 2 is 1.75 bits per heavy atom. The standard InChI is InChI=1S/C20H21N3O/c1-3-8-16(9-4-1)18-12-7-13-23(14-18)15-19-21-20(22-24-19)17-10-5-2-6-11-17/h1-6,8-11,18H,7,12-15H2. The van der Waals surface area contributed by atoms with Crippen LogP contribution in [0.3, 0.4) is 0 Å². The van der Waals surface area contributed by atoms with E-state index in [1.807, 2.05) is 30.3 Å². The molecule has 0 aliphatic carbocycles. The van der Waals surface area contributed by atoms with E-state index in [1.165, 1.54) is 18.4 Å². The van der Waals surface area contributed by atoms with Crippen molar-refractivity contribution in [3.8, 4) is 11.4 Å². The van der Waals surface area contributed by atoms with Crippen molar-refractivity contribution < 1.29 is 4.52 Å². The molecule has 1 saturated heterocycles. The topological polar surface area (TPSA) is 42.2 Å². The minimum absolute atomic E-state index is 0.594. The minimum Gasteiger partial charge on any atom is -0.338 e. The highest BCUT2D eigenvalue weighted by Crippen LogP contribution is 2.27. The molecule has 2 heterocycles. The quantitative estimate of drug-likeness (QED) is 0.725. The van der Waals surface area contributed by atoms with Crippen LogP contribution >= 0.6 is 0 Å². The van der Waals surface area contributed by atoms with Gasteiger partial charge in [-0.2, -0.15) is 4.98 Å². The lowest BCUT2D eigenvalue weighted by molar-refractivity contribution is 0.177. The van der Waals surface area contributed by atoms with E-state index < -0.39 is 0 Å². The molecule has 1 aliphatic rings. The zero-order chi connectivity index (χ0) is 16.2. The van der Waals surface area contributed by atoms with E-state index in [1.54, 1.807) is 0 Å². The fraction of sp³-hybridized carbons (Fsp3) is 0.300. The molecule has 1 fully saturated rings. The average molecular weight is 319 g/mol. The summed E-state index contributed by atoms with van der Waals surface area (Å²) in [6.07, 6.45) is 2.46. The van der Waals surface area contributed by atoms with E-state index in [2.05, 4.69) is 45.4 Å². The maximum atomic E-state index is 5.46. The normalized spacial score (nSPS) is 18.6. The van der Waals surface area contributed by atoms with Crippen molar-refractivity contribution in [1.29, 1.82) is 0 Å². The van der Waals surface area contributed by atoms with Crippen molar-refractivity contribution in [2.75, 3.05) is 13.1 Å². The van der Waals surface area contributed by atoms with Gasteiger partial charge in [0.15, 0.2) is 0 Å². The Balaban J connectivity index is 1.43. The number of rotatable bonds is 4. The molecular formula is C20H21N3O. The van der Waals surface area contributed by atoms with Crippen molar-refractivity contribution in [3.63, 3.8) is 0 Å². The van der Waals surface area contributed by atoms with Gasteiger partial charge >= 0.3 is 0 Å². The maximum Gasteiger partial charge on any atom is 0.241 e. The Morgan fingerprint density at radius 3 is 2.54 bits per heavy atom. The molecule has 24 heavy (non-hydrogen) atoms. The highest BCUT2D eigenvalue weighted by Gasteiger charge is 2.22. The van der Waals surface area contributed by atoms with E-state index in [4.69, 9.17) is 4.52 Å². The third kappa shape index (κ3) is 3.39. The third-order valence-corrected chi connectivity index (χ3v) is 4.64. The van der Waals surface area contributed by atoms with E-state index in [9.17, 15) is 0 Å². The minimum atomic E-state index is 0.594. The molecule has 4 rings (SSSR count). The van der Waals surface area contributed by atoms with Crippen LogP contribution in [0.2, 0.25) is 0 Å². The molecule has 0 N–H and O–H groups in total. The maximum absolute atomic E-state index is 5.46. The summed E-state index contributed by atoms with van der Waals surface area (Å²) in [5.74, 6) is 1.96. The first kappa shape index (κ1) is 15.1. The van der Waals surface area contributed by atoms with Gasteiger partial charge in [0.1, 0.15) is 0 Å². The first-order valence-electron chi connectivity index (χ1n) is 8.54. The first-order chi connectivity index (χ1) is 11.9. The smallest absolute Gasteiger partial charge is 0.241 e. The van der Waals surface area contributed by atoms with Crippen molar-refractivity contribution in [2.24, 2.45) is 0 Å². The Morgan fingerprint density at radius 1 is 1.00 bits per heavy atom. The predicted molar refractivity (Wildman–Crippen MR) is 93.4 cm³/mol. The summed E-state index contributed by atoms with van der Waals surface area (Å²) in [4.78, 5) is 6.97. The van der Waals surface area contributed by atoms with Crippen molar-refractivity contribution in [3.05, 3.63) is 72.1 Å². The summed E-state index contributed by atoms with van der Waals surface area (Å²) in [5.41, 5.74) is 2.42. The SMILES string of the molecule is c1ccc(-c2noc(CN3CCCC(c4ccccc4)C3)n2)cc1. The van der Waals surface area contributed by atoms with Crippen LogP contribution in [0.4, 0.5) is 0 Å². The Hall–Kier alpha value is -2.46. The second kappa shape index (κ2) is 6.97. The third-order valence-electron chi connectivity index (χ3n) is 4.64. The molecule has 0 radical (unpaired) electrons. The molecule has 4 heteroatoms. The Kier molecular flexibility index (Phi) is 4.38. The van der Waals surface area contributed by atoms with Gasteiger partial charge in [-0.25, -0.2) is 0 Å². The molecular weight excluding hydrogens is 298 g/mol. The largest absolute Gasteiger partial charge is 0.338 e. The summed E-state index contributed by atoms with van der Waals surface area (Å²) in [6, 6.07) is 20.7. The molecule has 122 valence electrons. The number of benzene rings is 2. The number of hydrogen-bond acceptors (Lipinski definition) is 4. The molecule has 0 saturated carbocycles. The van der Waals surface area contributed by atoms with Gasteiger partial charge in [0, 0.05) is 12.1 Å². The number of hydrogen-bond donors (Lipinski definition) is 0. The molecule has 2 aromatic carbocycles. The summed E-state index contributed by atoms with van der Waals surface area (Å²) in [5, 5.41) is 4.12. The predicted octanol–water partition coefficient (Wildman–Crippen LogP) is 4.12. The number of likely N-dealkylation sites (tertiary alicyclic amines) is 1. The van der Waals surface area contributed by atoms with Crippen LogP contribution in [0, 0.1) is 0 Å². The lowest BCUT2D eigenvalue weighted by Gasteiger charge is -2.31. The van der Waals surface area contributed by atoms with Gasteiger partial charge < -0.3 is 4.52 Å².